The van der Waals surface area contributed by atoms with Gasteiger partial charge < -0.3 is 41.4 Å². The Morgan fingerprint density at radius 2 is 0.841 bits per heavy atom. The molecule has 3 saturated heterocycles. The summed E-state index contributed by atoms with van der Waals surface area (Å²) in [5.41, 5.74) is 31.6. The average molecular weight is 1210 g/mol. The van der Waals surface area contributed by atoms with Gasteiger partial charge in [-0.15, -0.1) is 0 Å². The zero-order chi connectivity index (χ0) is 61.8. The van der Waals surface area contributed by atoms with Crippen molar-refractivity contribution in [2.75, 3.05) is 53.5 Å². The molecule has 3 aliphatic rings. The molecule has 0 radical (unpaired) electrons. The Bertz CT molecular complexity index is 4090. The third kappa shape index (κ3) is 12.4. The summed E-state index contributed by atoms with van der Waals surface area (Å²) >= 11 is 5.99. The van der Waals surface area contributed by atoms with Crippen molar-refractivity contribution in [3.05, 3.63) is 204 Å². The van der Waals surface area contributed by atoms with E-state index in [1.807, 2.05) is 93.7 Å². The van der Waals surface area contributed by atoms with Gasteiger partial charge in [0.05, 0.1) is 67.0 Å². The Labute approximate surface area is 517 Å². The van der Waals surface area contributed by atoms with Crippen LogP contribution in [0, 0.1) is 6.92 Å². The maximum absolute atomic E-state index is 12.3. The predicted molar refractivity (Wildman–Crippen MR) is 349 cm³/mol. The molecular formula is C67H78ClN15O5. The van der Waals surface area contributed by atoms with Crippen LogP contribution in [-0.2, 0) is 0 Å². The first-order chi connectivity index (χ1) is 42.0. The van der Waals surface area contributed by atoms with Crippen molar-refractivity contribution in [2.24, 2.45) is 17.2 Å². The zero-order valence-corrected chi connectivity index (χ0v) is 50.2. The predicted octanol–water partition coefficient (Wildman–Crippen LogP) is 11.5. The molecule has 3 aliphatic heterocycles. The van der Waals surface area contributed by atoms with Crippen molar-refractivity contribution in [3.63, 3.8) is 0 Å². The van der Waals surface area contributed by atoms with E-state index >= 15 is 0 Å². The van der Waals surface area contributed by atoms with Crippen molar-refractivity contribution >= 4 is 46.3 Å². The molecule has 0 atom stereocenters. The molecule has 0 unspecified atom stereocenters. The molecule has 12 rings (SSSR count). The first kappa shape index (κ1) is 62.6. The number of hydrogen-bond acceptors (Lipinski definition) is 11. The highest BCUT2D eigenvalue weighted by Crippen LogP contribution is 2.38. The number of fused-ring (bicyclic) bond motifs is 3. The maximum atomic E-state index is 12.3. The molecule has 6 aromatic heterocycles. The lowest BCUT2D eigenvalue weighted by Crippen LogP contribution is -2.31. The summed E-state index contributed by atoms with van der Waals surface area (Å²) in [6, 6.07) is 20.6. The van der Waals surface area contributed by atoms with Crippen LogP contribution in [0.5, 0.6) is 11.5 Å². The van der Waals surface area contributed by atoms with Crippen LogP contribution in [0.15, 0.2) is 160 Å². The van der Waals surface area contributed by atoms with Gasteiger partial charge in [0.25, 0.3) is 17.7 Å². The van der Waals surface area contributed by atoms with Gasteiger partial charge in [-0.2, -0.15) is 0 Å². The first-order valence-corrected chi connectivity index (χ1v) is 29.3. The molecule has 3 aromatic carbocycles. The Balaban J connectivity index is 0.000000156. The number of imidazole rings is 3. The van der Waals surface area contributed by atoms with E-state index in [1.54, 1.807) is 44.6 Å². The number of nitrogens with two attached hydrogens (primary N) is 3. The smallest absolute Gasteiger partial charge is 0.254 e. The van der Waals surface area contributed by atoms with E-state index in [0.717, 1.165) is 146 Å². The average Bonchev–Trinajstić information content (AvgIpc) is 2.04. The number of nitrogens with zero attached hydrogens (tertiary/aromatic N) is 9. The van der Waals surface area contributed by atoms with E-state index in [9.17, 15) is 14.4 Å². The largest absolute Gasteiger partial charge is 0.497 e. The van der Waals surface area contributed by atoms with Crippen LogP contribution >= 0.6 is 11.6 Å². The Kier molecular flexibility index (Phi) is 19.0. The number of carbonyl (C=O) groups excluding carboxylic acids is 3. The van der Waals surface area contributed by atoms with Gasteiger partial charge in [-0.1, -0.05) is 82.8 Å². The monoisotopic (exact) mass is 1210 g/mol. The number of amides is 3. The number of H-pyrrole nitrogens is 3. The molecule has 0 aliphatic carbocycles. The molecule has 21 heteroatoms. The summed E-state index contributed by atoms with van der Waals surface area (Å²) in [6.07, 6.45) is 16.8. The minimum Gasteiger partial charge on any atom is -0.497 e. The topological polar surface area (TPSA) is 257 Å². The lowest BCUT2D eigenvalue weighted by Gasteiger charge is -2.33. The molecule has 9 heterocycles. The third-order valence-corrected chi connectivity index (χ3v) is 17.3. The molecule has 3 amide bonds. The Hall–Kier alpha value is -9.95. The number of methoxy groups -OCH3 is 2. The summed E-state index contributed by atoms with van der Waals surface area (Å²) in [6.45, 7) is 31.0. The first-order valence-electron chi connectivity index (χ1n) is 28.9. The lowest BCUT2D eigenvalue weighted by molar-refractivity contribution is 0.0993. The molecule has 458 valence electrons. The second-order valence-corrected chi connectivity index (χ2v) is 22.4. The highest BCUT2D eigenvalue weighted by molar-refractivity contribution is 6.30. The van der Waals surface area contributed by atoms with Gasteiger partial charge in [-0.25, -0.2) is 28.5 Å². The molecule has 88 heavy (non-hydrogen) atoms. The Morgan fingerprint density at radius 1 is 0.523 bits per heavy atom. The van der Waals surface area contributed by atoms with Gasteiger partial charge in [0.1, 0.15) is 28.2 Å². The molecule has 9 N–H and O–H groups in total. The van der Waals surface area contributed by atoms with Crippen LogP contribution in [-0.4, -0.2) is 130 Å². The van der Waals surface area contributed by atoms with Crippen molar-refractivity contribution in [2.45, 2.75) is 70.6 Å². The number of aromatic nitrogens is 9. The van der Waals surface area contributed by atoms with Crippen molar-refractivity contribution < 1.29 is 23.9 Å². The number of carbonyl (C=O) groups is 3. The summed E-state index contributed by atoms with van der Waals surface area (Å²) in [5, 5.41) is 10.7. The number of rotatable bonds is 17. The number of aromatic amines is 3. The molecule has 9 aromatic rings. The lowest BCUT2D eigenvalue weighted by atomic mass is 9.94. The van der Waals surface area contributed by atoms with Gasteiger partial charge in [0.15, 0.2) is 16.9 Å². The van der Waals surface area contributed by atoms with Gasteiger partial charge >= 0.3 is 0 Å². The number of halogens is 1. The van der Waals surface area contributed by atoms with Crippen molar-refractivity contribution in [1.82, 2.24) is 58.5 Å². The van der Waals surface area contributed by atoms with E-state index in [1.165, 1.54) is 0 Å². The fourth-order valence-electron chi connectivity index (χ4n) is 12.1. The normalized spacial score (nSPS) is 14.8. The molecule has 20 nitrogen and oxygen atoms in total. The molecule has 0 saturated carbocycles. The number of piperidine rings is 3. The Morgan fingerprint density at radius 3 is 1.15 bits per heavy atom. The fourth-order valence-corrected chi connectivity index (χ4v) is 12.3. The van der Waals surface area contributed by atoms with E-state index in [4.69, 9.17) is 38.3 Å². The number of ether oxygens (including phenoxy) is 2. The second-order valence-electron chi connectivity index (χ2n) is 22.0. The number of primary amides is 3. The summed E-state index contributed by atoms with van der Waals surface area (Å²) in [5.74, 6) is 0.980. The minimum atomic E-state index is -0.509. The number of likely N-dealkylation sites (tertiary alicyclic amines) is 3. The molecule has 0 bridgehead atoms. The van der Waals surface area contributed by atoms with E-state index in [0.29, 0.717) is 73.5 Å². The van der Waals surface area contributed by atoms with Crippen LogP contribution in [0.4, 0.5) is 0 Å². The zero-order valence-electron chi connectivity index (χ0n) is 49.5. The van der Waals surface area contributed by atoms with Gasteiger partial charge in [0, 0.05) is 95.8 Å². The number of hydrogen-bond donors (Lipinski definition) is 6. The summed E-state index contributed by atoms with van der Waals surface area (Å²) < 4.78 is 16.4. The molecular weight excluding hydrogens is 1130 g/mol. The quantitative estimate of drug-likeness (QED) is 0.0467. The number of allylic oxidation sites excluding steroid dienone is 3. The standard InChI is InChI=1S/C23H27N5O2.C22H25N5O2.C21H22ClN5O.CH4/c1-5-15(3)27-10-8-16(9-11-27)18-13-25-23-20(22(24)29)21(26-28(18)23)17-7-6-14(2)19(12-17)30-4;1-4-14(2)26-11-9-15(10-12-26)18-13-24-22-19(21(23)28)20(25-27(18)22)16-5-7-17(29-3)8-6-16;1-3-13(2)26-10-8-14(9-11-26)17-12-24-21-18(20(23)28)19(25-27(17)21)15-4-6-16(22)7-5-15;/h5-7,12-13,16,26H,1,3,8-11H2,2,4H3,(H2,24,29);4-8,13,15,25H,1-2,9-12H2,3H3,(H2,23,28);3-7,12,14,25H,1-2,8-11H2,(H2,23,28);1H4. The van der Waals surface area contributed by atoms with Gasteiger partial charge in [0.2, 0.25) is 0 Å². The van der Waals surface area contributed by atoms with E-state index < -0.39 is 17.7 Å². The summed E-state index contributed by atoms with van der Waals surface area (Å²) in [4.78, 5) is 57.0. The van der Waals surface area contributed by atoms with Crippen molar-refractivity contribution in [3.8, 4) is 45.3 Å². The van der Waals surface area contributed by atoms with Gasteiger partial charge in [-0.05, 0) is 112 Å². The molecule has 3 fully saturated rings. The maximum Gasteiger partial charge on any atom is 0.254 e. The van der Waals surface area contributed by atoms with Crippen molar-refractivity contribution in [1.29, 1.82) is 0 Å². The fraction of sp³-hybridized carbons (Fsp3) is 0.284. The van der Waals surface area contributed by atoms with E-state index in [-0.39, 0.29) is 7.43 Å². The van der Waals surface area contributed by atoms with Crippen LogP contribution < -0.4 is 26.7 Å². The SMILES string of the molecule is C.C=CC(=C)N1CCC(c2cnc3c(C(N)=O)c(-c4ccc(C)c(OC)c4)[nH]n23)CC1.C=CC(=C)N1CCC(c2cnc3c(C(N)=O)c(-c4ccc(Cl)cc4)[nH]n23)CC1.C=CC(=C)N1CCC(c2cnc3c(C(N)=O)c(-c4ccc(OC)cc4)[nH]n23)CC1. The highest BCUT2D eigenvalue weighted by Gasteiger charge is 2.31. The van der Waals surface area contributed by atoms with Crippen LogP contribution in [0.2, 0.25) is 5.02 Å². The third-order valence-electron chi connectivity index (χ3n) is 17.1. The van der Waals surface area contributed by atoms with Crippen LogP contribution in [0.3, 0.4) is 0 Å². The second kappa shape index (κ2) is 26.8. The van der Waals surface area contributed by atoms with Gasteiger partial charge in [-0.3, -0.25) is 29.7 Å². The minimum absolute atomic E-state index is 0. The number of aryl methyl sites for hydroxylation is 1. The van der Waals surface area contributed by atoms with Crippen LogP contribution in [0.1, 0.15) is 117 Å². The van der Waals surface area contributed by atoms with E-state index in [2.05, 4.69) is 84.4 Å². The number of nitrogens with one attached hydrogen (secondary N) is 3. The number of benzene rings is 3. The summed E-state index contributed by atoms with van der Waals surface area (Å²) in [7, 11) is 3.25. The highest BCUT2D eigenvalue weighted by atomic mass is 35.5. The molecule has 0 spiro atoms. The van der Waals surface area contributed by atoms with Crippen LogP contribution in [0.25, 0.3) is 50.7 Å².